The molecule has 8 aromatic carbocycles. The van der Waals surface area contributed by atoms with Crippen molar-refractivity contribution in [3.63, 3.8) is 0 Å². The van der Waals surface area contributed by atoms with Crippen molar-refractivity contribution >= 4 is 66.7 Å². The van der Waals surface area contributed by atoms with Crippen LogP contribution >= 0.6 is 0 Å². The first-order chi connectivity index (χ1) is 33.5. The van der Waals surface area contributed by atoms with Gasteiger partial charge < -0.3 is 13.7 Å². The Bertz CT molecular complexity index is 4060. The van der Waals surface area contributed by atoms with Gasteiger partial charge in [0.1, 0.15) is 0 Å². The summed E-state index contributed by atoms with van der Waals surface area (Å²) in [4.78, 5) is 10.1. The molecule has 0 aliphatic carbocycles. The number of nitrogens with zero attached hydrogens (tertiary/aromatic N) is 7. The van der Waals surface area contributed by atoms with Crippen LogP contribution in [-0.4, -0.2) is 23.7 Å². The van der Waals surface area contributed by atoms with Gasteiger partial charge in [-0.15, -0.1) is 0 Å². The lowest BCUT2D eigenvalue weighted by molar-refractivity contribution is 1.11. The third-order valence-corrected chi connectivity index (χ3v) is 13.0. The minimum Gasteiger partial charge on any atom is -0.309 e. The zero-order valence-corrected chi connectivity index (χ0v) is 37.0. The number of rotatable bonds is 8. The summed E-state index contributed by atoms with van der Waals surface area (Å²) in [5.41, 5.74) is 16.0. The van der Waals surface area contributed by atoms with Crippen LogP contribution in [0, 0.1) is 22.7 Å². The molecule has 0 fully saturated rings. The Kier molecular flexibility index (Phi) is 9.50. The van der Waals surface area contributed by atoms with E-state index in [0.717, 1.165) is 111 Å². The average molecular weight is 870 g/mol. The predicted octanol–water partition coefficient (Wildman–Crippen LogP) is 15.0. The van der Waals surface area contributed by atoms with E-state index in [2.05, 4.69) is 148 Å². The molecule has 0 saturated carbocycles. The van der Waals surface area contributed by atoms with Crippen molar-refractivity contribution in [2.45, 2.75) is 6.92 Å². The van der Waals surface area contributed by atoms with Gasteiger partial charge >= 0.3 is 0 Å². The molecule has 12 rings (SSSR count). The van der Waals surface area contributed by atoms with Gasteiger partial charge in [0.15, 0.2) is 5.82 Å². The van der Waals surface area contributed by atoms with E-state index in [1.165, 1.54) is 0 Å². The molecule has 0 aliphatic heterocycles. The van der Waals surface area contributed by atoms with Crippen LogP contribution in [0.4, 0.5) is 0 Å². The maximum absolute atomic E-state index is 9.88. The van der Waals surface area contributed by atoms with E-state index in [-0.39, 0.29) is 0 Å². The van der Waals surface area contributed by atoms with Crippen molar-refractivity contribution in [1.29, 1.82) is 10.5 Å². The summed E-state index contributed by atoms with van der Waals surface area (Å²) in [5, 5.41) is 25.0. The van der Waals surface area contributed by atoms with Gasteiger partial charge in [0.05, 0.1) is 67.9 Å². The van der Waals surface area contributed by atoms with E-state index >= 15 is 0 Å². The van der Waals surface area contributed by atoms with Gasteiger partial charge in [-0.25, -0.2) is 9.97 Å². The summed E-state index contributed by atoms with van der Waals surface area (Å²) >= 11 is 0. The fourth-order valence-corrected chi connectivity index (χ4v) is 9.95. The molecule has 318 valence electrons. The smallest absolute Gasteiger partial charge is 0.160 e. The molecule has 7 nitrogen and oxygen atoms in total. The summed E-state index contributed by atoms with van der Waals surface area (Å²) in [6, 6.07) is 69.3. The first-order valence-electron chi connectivity index (χ1n) is 22.5. The molecule has 12 aromatic rings. The van der Waals surface area contributed by atoms with E-state index in [1.54, 1.807) is 0 Å². The second-order valence-electron chi connectivity index (χ2n) is 16.9. The number of benzene rings is 8. The summed E-state index contributed by atoms with van der Waals surface area (Å²) in [7, 11) is 0. The van der Waals surface area contributed by atoms with Crippen molar-refractivity contribution in [2.24, 2.45) is 0 Å². The van der Waals surface area contributed by atoms with Gasteiger partial charge in [0.2, 0.25) is 0 Å². The average Bonchev–Trinajstić information content (AvgIpc) is 4.03. The van der Waals surface area contributed by atoms with E-state index in [9.17, 15) is 10.5 Å². The molecule has 0 aliphatic rings. The van der Waals surface area contributed by atoms with Crippen LogP contribution in [0.1, 0.15) is 29.3 Å². The van der Waals surface area contributed by atoms with Gasteiger partial charge in [-0.1, -0.05) is 110 Å². The van der Waals surface area contributed by atoms with Gasteiger partial charge in [0, 0.05) is 66.2 Å². The number of aromatic nitrogens is 5. The Labute approximate surface area is 392 Å². The highest BCUT2D eigenvalue weighted by Crippen LogP contribution is 2.40. The number of fused-ring (bicyclic) bond motifs is 7. The lowest BCUT2D eigenvalue weighted by Crippen LogP contribution is -1.98. The van der Waals surface area contributed by atoms with Crippen molar-refractivity contribution in [1.82, 2.24) is 23.7 Å². The third kappa shape index (κ3) is 6.42. The molecular formula is C61H39N7. The minimum absolute atomic E-state index is 0.606. The zero-order chi connectivity index (χ0) is 45.9. The van der Waals surface area contributed by atoms with Crippen LogP contribution in [-0.2, 0) is 0 Å². The first-order valence-corrected chi connectivity index (χ1v) is 22.5. The van der Waals surface area contributed by atoms with Crippen LogP contribution in [0.25, 0.3) is 118 Å². The molecule has 7 heteroatoms. The Morgan fingerprint density at radius 3 is 1.51 bits per heavy atom. The highest BCUT2D eigenvalue weighted by atomic mass is 15.0. The zero-order valence-electron chi connectivity index (χ0n) is 37.0. The van der Waals surface area contributed by atoms with Crippen LogP contribution in [0.2, 0.25) is 0 Å². The molecule has 4 aromatic heterocycles. The monoisotopic (exact) mass is 869 g/mol. The molecular weight excluding hydrogens is 831 g/mol. The molecule has 0 amide bonds. The molecule has 0 spiro atoms. The molecule has 0 radical (unpaired) electrons. The molecule has 0 atom stereocenters. The quantitative estimate of drug-likeness (QED) is 0.152. The minimum atomic E-state index is 0.606. The van der Waals surface area contributed by atoms with Crippen molar-refractivity contribution in [2.75, 3.05) is 0 Å². The number of allylic oxidation sites excluding steroid dienone is 1. The second kappa shape index (κ2) is 16.2. The third-order valence-electron chi connectivity index (χ3n) is 13.0. The van der Waals surface area contributed by atoms with Crippen LogP contribution < -0.4 is 0 Å². The van der Waals surface area contributed by atoms with Gasteiger partial charge in [-0.3, -0.25) is 0 Å². The molecule has 0 N–H and O–H groups in total. The van der Waals surface area contributed by atoms with Gasteiger partial charge in [-0.2, -0.15) is 10.5 Å². The highest BCUT2D eigenvalue weighted by Gasteiger charge is 2.21. The Morgan fingerprint density at radius 2 is 0.912 bits per heavy atom. The highest BCUT2D eigenvalue weighted by molar-refractivity contribution is 6.13. The fourth-order valence-electron chi connectivity index (χ4n) is 9.95. The normalized spacial score (nSPS) is 11.6. The van der Waals surface area contributed by atoms with Crippen LogP contribution in [0.5, 0.6) is 0 Å². The van der Waals surface area contributed by atoms with Crippen molar-refractivity contribution in [3.05, 3.63) is 223 Å². The number of hydrogen-bond acceptors (Lipinski definition) is 4. The standard InChI is InChI=1S/C61H39N7/c1-3-13-47-49-32-39(37-62)20-28-57(49)67(55(47)4-2)45-26-30-59-51(34-45)52-35-46(68-56-19-12-11-18-48(56)50-33-40(38-63)21-29-58(50)68)27-31-60(52)66(59)44-24-22-42(23-25-44)54-36-53(41-14-7-5-8-15-41)64-61(65-54)43-16-9-6-10-17-43/h3-36H,2H2,1H3/b13-3-. The number of para-hydroxylation sites is 1. The number of hydrogen-bond donors (Lipinski definition) is 0. The van der Waals surface area contributed by atoms with E-state index in [1.807, 2.05) is 97.9 Å². The maximum atomic E-state index is 9.88. The molecule has 68 heavy (non-hydrogen) atoms. The summed E-state index contributed by atoms with van der Waals surface area (Å²) < 4.78 is 6.88. The van der Waals surface area contributed by atoms with E-state index in [4.69, 9.17) is 9.97 Å². The van der Waals surface area contributed by atoms with Crippen molar-refractivity contribution in [3.8, 4) is 63.1 Å². The Balaban J connectivity index is 1.08. The van der Waals surface area contributed by atoms with E-state index in [0.29, 0.717) is 17.0 Å². The molecule has 0 bridgehead atoms. The molecule has 4 heterocycles. The topological polar surface area (TPSA) is 88.1 Å². The van der Waals surface area contributed by atoms with Crippen molar-refractivity contribution < 1.29 is 0 Å². The summed E-state index contributed by atoms with van der Waals surface area (Å²) in [6.07, 6.45) is 6.02. The lowest BCUT2D eigenvalue weighted by atomic mass is 10.1. The Hall–Kier alpha value is -9.56. The summed E-state index contributed by atoms with van der Waals surface area (Å²) in [6.45, 7) is 6.28. The SMILES string of the molecule is C=Cc1c(/C=C\C)c2cc(C#N)ccc2n1-c1ccc2c(c1)c1cc(-n3c4ccccc4c4cc(C#N)ccc43)ccc1n2-c1ccc(-c2cc(-c3ccccc3)nc(-c3ccccc3)n2)cc1. The number of nitriles is 2. The fraction of sp³-hybridized carbons (Fsp3) is 0.0164. The second-order valence-corrected chi connectivity index (χ2v) is 16.9. The molecule has 0 saturated heterocycles. The van der Waals surface area contributed by atoms with Crippen LogP contribution in [0.15, 0.2) is 201 Å². The summed E-state index contributed by atoms with van der Waals surface area (Å²) in [5.74, 6) is 0.673. The van der Waals surface area contributed by atoms with Crippen LogP contribution in [0.3, 0.4) is 0 Å². The lowest BCUT2D eigenvalue weighted by Gasteiger charge is -2.12. The molecule has 0 unspecified atom stereocenters. The largest absolute Gasteiger partial charge is 0.309 e. The van der Waals surface area contributed by atoms with Gasteiger partial charge in [0.25, 0.3) is 0 Å². The maximum Gasteiger partial charge on any atom is 0.160 e. The first kappa shape index (κ1) is 40.0. The van der Waals surface area contributed by atoms with E-state index < -0.39 is 0 Å². The van der Waals surface area contributed by atoms with Gasteiger partial charge in [-0.05, 0) is 110 Å². The predicted molar refractivity (Wildman–Crippen MR) is 278 cm³/mol. The Morgan fingerprint density at radius 1 is 0.441 bits per heavy atom.